The summed E-state index contributed by atoms with van der Waals surface area (Å²) >= 11 is 0. The molecule has 0 aliphatic carbocycles. The van der Waals surface area contributed by atoms with Crippen molar-refractivity contribution in [3.8, 4) is 0 Å². The van der Waals surface area contributed by atoms with E-state index in [4.69, 9.17) is 0 Å². The van der Waals surface area contributed by atoms with Crippen LogP contribution in [-0.2, 0) is 22.4 Å². The maximum absolute atomic E-state index is 14.1. The Morgan fingerprint density at radius 1 is 0.526 bits per heavy atom. The second-order valence-electron chi connectivity index (χ2n) is 8.69. The molecule has 2 amide bonds. The highest BCUT2D eigenvalue weighted by Crippen LogP contribution is 2.52. The predicted octanol–water partition coefficient (Wildman–Crippen LogP) is 5.81. The number of hydrogen-bond acceptors (Lipinski definition) is 2. The average Bonchev–Trinajstić information content (AvgIpc) is 2.88. The van der Waals surface area contributed by atoms with E-state index >= 15 is 0 Å². The van der Waals surface area contributed by atoms with E-state index in [9.17, 15) is 44.7 Å². The van der Waals surface area contributed by atoms with Crippen LogP contribution in [0, 0.1) is 0 Å². The fourth-order valence-electron chi connectivity index (χ4n) is 3.50. The first-order chi connectivity index (χ1) is 17.7. The molecule has 12 heteroatoms. The van der Waals surface area contributed by atoms with Gasteiger partial charge in [-0.1, -0.05) is 60.7 Å². The lowest BCUT2D eigenvalue weighted by atomic mass is 9.97. The fraction of sp³-hybridized carbons (Fsp3) is 0.462. The van der Waals surface area contributed by atoms with Crippen LogP contribution in [0.25, 0.3) is 0 Å². The number of carbonyl (C=O) groups is 2. The molecule has 210 valence electrons. The van der Waals surface area contributed by atoms with Crippen molar-refractivity contribution in [2.45, 2.75) is 62.2 Å². The standard InChI is InChI=1S/C26H28F8N2O2/c27-23(28,21(37)35-17-9-7-15-19-11-3-1-4-12-19)25(31,32)26(33,34)24(29,30)22(38)36-18-10-8-16-20-13-5-2-6-14-20/h1-6,11-14H,7-10,15-18H2,(H,35,37)(H,36,38). The lowest BCUT2D eigenvalue weighted by Crippen LogP contribution is -2.69. The highest BCUT2D eigenvalue weighted by molar-refractivity contribution is 5.87. The van der Waals surface area contributed by atoms with Crippen LogP contribution in [0.4, 0.5) is 35.1 Å². The van der Waals surface area contributed by atoms with Gasteiger partial charge in [0.2, 0.25) is 0 Å². The van der Waals surface area contributed by atoms with Crippen LogP contribution in [0.3, 0.4) is 0 Å². The molecule has 0 bridgehead atoms. The monoisotopic (exact) mass is 552 g/mol. The van der Waals surface area contributed by atoms with E-state index < -0.39 is 48.6 Å². The highest BCUT2D eigenvalue weighted by atomic mass is 19.4. The lowest BCUT2D eigenvalue weighted by molar-refractivity contribution is -0.347. The third-order valence-corrected chi connectivity index (χ3v) is 5.79. The van der Waals surface area contributed by atoms with E-state index in [1.165, 1.54) is 10.6 Å². The average molecular weight is 553 g/mol. The van der Waals surface area contributed by atoms with Gasteiger partial charge in [-0.15, -0.1) is 0 Å². The Kier molecular flexibility index (Phi) is 10.7. The Bertz CT molecular complexity index is 951. The molecule has 4 nitrogen and oxygen atoms in total. The van der Waals surface area contributed by atoms with Crippen molar-refractivity contribution in [1.29, 1.82) is 0 Å². The number of amides is 2. The van der Waals surface area contributed by atoms with Gasteiger partial charge < -0.3 is 10.6 Å². The van der Waals surface area contributed by atoms with Crippen LogP contribution in [0.1, 0.15) is 36.8 Å². The van der Waals surface area contributed by atoms with E-state index in [0.717, 1.165) is 11.1 Å². The summed E-state index contributed by atoms with van der Waals surface area (Å²) < 4.78 is 113. The van der Waals surface area contributed by atoms with Crippen molar-refractivity contribution in [2.24, 2.45) is 0 Å². The van der Waals surface area contributed by atoms with Crippen LogP contribution >= 0.6 is 0 Å². The quantitative estimate of drug-likeness (QED) is 0.217. The van der Waals surface area contributed by atoms with Crippen molar-refractivity contribution in [3.63, 3.8) is 0 Å². The van der Waals surface area contributed by atoms with Crippen molar-refractivity contribution in [2.75, 3.05) is 13.1 Å². The number of carbonyl (C=O) groups excluding carboxylic acids is 2. The third-order valence-electron chi connectivity index (χ3n) is 5.79. The Hall–Kier alpha value is -3.18. The van der Waals surface area contributed by atoms with E-state index in [1.807, 2.05) is 0 Å². The molecule has 0 unspecified atom stereocenters. The number of hydrogen-bond donors (Lipinski definition) is 2. The number of rotatable bonds is 15. The molecule has 38 heavy (non-hydrogen) atoms. The van der Waals surface area contributed by atoms with Crippen molar-refractivity contribution >= 4 is 11.8 Å². The summed E-state index contributed by atoms with van der Waals surface area (Å²) in [7, 11) is 0. The largest absolute Gasteiger partial charge is 0.392 e. The zero-order valence-corrected chi connectivity index (χ0v) is 20.3. The first-order valence-corrected chi connectivity index (χ1v) is 11.9. The number of nitrogens with one attached hydrogen (secondary N) is 2. The Morgan fingerprint density at radius 3 is 1.16 bits per heavy atom. The van der Waals surface area contributed by atoms with E-state index in [-0.39, 0.29) is 12.8 Å². The molecule has 2 rings (SSSR count). The van der Waals surface area contributed by atoms with Gasteiger partial charge in [-0.05, 0) is 49.7 Å². The van der Waals surface area contributed by atoms with Gasteiger partial charge >= 0.3 is 23.7 Å². The van der Waals surface area contributed by atoms with E-state index in [0.29, 0.717) is 25.7 Å². The van der Waals surface area contributed by atoms with Gasteiger partial charge in [0.25, 0.3) is 11.8 Å². The number of aryl methyl sites for hydroxylation is 2. The Balaban J connectivity index is 1.90. The maximum atomic E-state index is 14.1. The molecule has 2 aromatic rings. The van der Waals surface area contributed by atoms with Gasteiger partial charge in [-0.2, -0.15) is 35.1 Å². The second-order valence-corrected chi connectivity index (χ2v) is 8.69. The molecule has 2 aromatic carbocycles. The molecule has 0 radical (unpaired) electrons. The van der Waals surface area contributed by atoms with Crippen LogP contribution in [0.15, 0.2) is 60.7 Å². The normalized spacial score (nSPS) is 12.7. The lowest BCUT2D eigenvalue weighted by Gasteiger charge is -2.35. The predicted molar refractivity (Wildman–Crippen MR) is 125 cm³/mol. The van der Waals surface area contributed by atoms with Gasteiger partial charge in [0.15, 0.2) is 0 Å². The summed E-state index contributed by atoms with van der Waals surface area (Å²) in [6, 6.07) is 17.6. The smallest absolute Gasteiger partial charge is 0.351 e. The van der Waals surface area contributed by atoms with E-state index in [1.54, 1.807) is 60.7 Å². The zero-order chi connectivity index (χ0) is 28.5. The minimum absolute atomic E-state index is 0.0293. The maximum Gasteiger partial charge on any atom is 0.392 e. The Labute approximate surface area is 214 Å². The molecular formula is C26H28F8N2O2. The van der Waals surface area contributed by atoms with E-state index in [2.05, 4.69) is 0 Å². The summed E-state index contributed by atoms with van der Waals surface area (Å²) in [6.07, 6.45) is 1.67. The zero-order valence-electron chi connectivity index (χ0n) is 20.3. The number of halogens is 8. The third kappa shape index (κ3) is 7.22. The molecule has 0 aromatic heterocycles. The molecule has 0 heterocycles. The number of benzene rings is 2. The van der Waals surface area contributed by atoms with Gasteiger partial charge in [-0.3, -0.25) is 9.59 Å². The van der Waals surface area contributed by atoms with Crippen LogP contribution < -0.4 is 10.6 Å². The molecule has 2 N–H and O–H groups in total. The molecular weight excluding hydrogens is 524 g/mol. The second kappa shape index (κ2) is 13.1. The SMILES string of the molecule is O=C(NCCCCc1ccccc1)C(F)(F)C(F)(F)C(F)(F)C(F)(F)C(=O)NCCCCc1ccccc1. The highest BCUT2D eigenvalue weighted by Gasteiger charge is 2.84. The summed E-state index contributed by atoms with van der Waals surface area (Å²) in [5.41, 5.74) is 1.76. The molecule has 0 spiro atoms. The van der Waals surface area contributed by atoms with Gasteiger partial charge in [0.1, 0.15) is 0 Å². The number of unbranched alkanes of at least 4 members (excludes halogenated alkanes) is 2. The van der Waals surface area contributed by atoms with Crippen LogP contribution in [0.2, 0.25) is 0 Å². The molecule has 0 saturated heterocycles. The van der Waals surface area contributed by atoms with Crippen molar-refractivity contribution < 1.29 is 44.7 Å². The molecule has 0 aliphatic rings. The van der Waals surface area contributed by atoms with Gasteiger partial charge in [-0.25, -0.2) is 0 Å². The topological polar surface area (TPSA) is 58.2 Å². The summed E-state index contributed by atoms with van der Waals surface area (Å²) in [4.78, 5) is 23.3. The Morgan fingerprint density at radius 2 is 0.842 bits per heavy atom. The van der Waals surface area contributed by atoms with Crippen molar-refractivity contribution in [1.82, 2.24) is 10.6 Å². The minimum atomic E-state index is -6.87. The van der Waals surface area contributed by atoms with Gasteiger partial charge in [0, 0.05) is 13.1 Å². The van der Waals surface area contributed by atoms with Crippen LogP contribution in [0.5, 0.6) is 0 Å². The summed E-state index contributed by atoms with van der Waals surface area (Å²) in [5, 5.41) is 2.76. The minimum Gasteiger partial charge on any atom is -0.351 e. The molecule has 0 atom stereocenters. The number of alkyl halides is 8. The van der Waals surface area contributed by atoms with Gasteiger partial charge in [0.05, 0.1) is 0 Å². The van der Waals surface area contributed by atoms with Crippen LogP contribution in [-0.4, -0.2) is 48.6 Å². The molecule has 0 aliphatic heterocycles. The first kappa shape index (κ1) is 31.0. The van der Waals surface area contributed by atoms with Crippen molar-refractivity contribution in [3.05, 3.63) is 71.8 Å². The molecule has 0 fully saturated rings. The molecule has 0 saturated carbocycles. The summed E-state index contributed by atoms with van der Waals surface area (Å²) in [5.74, 6) is -31.9. The summed E-state index contributed by atoms with van der Waals surface area (Å²) in [6.45, 7) is -1.16. The fourth-order valence-corrected chi connectivity index (χ4v) is 3.50. The first-order valence-electron chi connectivity index (χ1n) is 11.9.